The zero-order valence-corrected chi connectivity index (χ0v) is 13.1. The molecule has 1 aromatic carbocycles. The summed E-state index contributed by atoms with van der Waals surface area (Å²) in [6.07, 6.45) is 0. The lowest BCUT2D eigenvalue weighted by Crippen LogP contribution is -2.26. The fourth-order valence-electron chi connectivity index (χ4n) is 1.74. The van der Waals surface area contributed by atoms with Crippen LogP contribution in [0.15, 0.2) is 24.3 Å². The minimum Gasteiger partial charge on any atom is -0.491 e. The van der Waals surface area contributed by atoms with Gasteiger partial charge in [-0.1, -0.05) is 13.0 Å². The van der Waals surface area contributed by atoms with Gasteiger partial charge in [-0.25, -0.2) is 8.42 Å². The Kier molecular flexibility index (Phi) is 6.81. The zero-order valence-electron chi connectivity index (χ0n) is 12.3. The predicted octanol–water partition coefficient (Wildman–Crippen LogP) is 1.95. The second-order valence-corrected chi connectivity index (χ2v) is 7.01. The van der Waals surface area contributed by atoms with E-state index in [1.807, 2.05) is 31.2 Å². The highest BCUT2D eigenvalue weighted by atomic mass is 32.2. The van der Waals surface area contributed by atoms with Gasteiger partial charge in [-0.05, 0) is 19.1 Å². The Hall–Kier alpha value is -1.27. The molecule has 0 radical (unpaired) electrons. The first-order valence-electron chi connectivity index (χ1n) is 6.65. The Morgan fingerprint density at radius 1 is 1.30 bits per heavy atom. The Balaban J connectivity index is 2.57. The minimum absolute atomic E-state index is 0.123. The molecule has 114 valence electrons. The first-order chi connectivity index (χ1) is 9.46. The van der Waals surface area contributed by atoms with Crippen molar-refractivity contribution in [2.75, 3.05) is 37.1 Å². The standard InChI is InChI=1S/C14H23NO4S/c1-4-20(16,17)11-12(2)15-13-6-5-7-14(10-13)19-9-8-18-3/h5-7,10,12,15H,4,8-9,11H2,1-3H3. The Bertz CT molecular complexity index is 502. The van der Waals surface area contributed by atoms with Gasteiger partial charge in [0.15, 0.2) is 9.84 Å². The van der Waals surface area contributed by atoms with Crippen LogP contribution >= 0.6 is 0 Å². The molecule has 0 aromatic heterocycles. The minimum atomic E-state index is -2.98. The van der Waals surface area contributed by atoms with E-state index in [4.69, 9.17) is 9.47 Å². The summed E-state index contributed by atoms with van der Waals surface area (Å²) >= 11 is 0. The molecule has 1 atom stereocenters. The molecule has 0 aliphatic heterocycles. The molecule has 0 aliphatic rings. The molecule has 6 heteroatoms. The molecule has 1 N–H and O–H groups in total. The predicted molar refractivity (Wildman–Crippen MR) is 81.2 cm³/mol. The summed E-state index contributed by atoms with van der Waals surface area (Å²) in [5.41, 5.74) is 0.846. The lowest BCUT2D eigenvalue weighted by Gasteiger charge is -2.16. The van der Waals surface area contributed by atoms with Gasteiger partial charge in [-0.3, -0.25) is 0 Å². The van der Waals surface area contributed by atoms with Crippen LogP contribution in [-0.4, -0.2) is 46.3 Å². The number of sulfone groups is 1. The Labute approximate surface area is 121 Å². The van der Waals surface area contributed by atoms with Crippen molar-refractivity contribution in [3.63, 3.8) is 0 Å². The van der Waals surface area contributed by atoms with Gasteiger partial charge in [0.1, 0.15) is 12.4 Å². The van der Waals surface area contributed by atoms with E-state index >= 15 is 0 Å². The van der Waals surface area contributed by atoms with Crippen molar-refractivity contribution >= 4 is 15.5 Å². The van der Waals surface area contributed by atoms with E-state index in [0.717, 1.165) is 11.4 Å². The fourth-order valence-corrected chi connectivity index (χ4v) is 2.82. The van der Waals surface area contributed by atoms with E-state index in [9.17, 15) is 8.42 Å². The summed E-state index contributed by atoms with van der Waals surface area (Å²) < 4.78 is 33.6. The van der Waals surface area contributed by atoms with Crippen LogP contribution < -0.4 is 10.1 Å². The highest BCUT2D eigenvalue weighted by Crippen LogP contribution is 2.18. The smallest absolute Gasteiger partial charge is 0.152 e. The summed E-state index contributed by atoms with van der Waals surface area (Å²) in [5, 5.41) is 3.17. The summed E-state index contributed by atoms with van der Waals surface area (Å²) in [6, 6.07) is 7.32. The average molecular weight is 301 g/mol. The summed E-state index contributed by atoms with van der Waals surface area (Å²) in [7, 11) is -1.35. The van der Waals surface area contributed by atoms with Crippen molar-refractivity contribution in [3.8, 4) is 5.75 Å². The molecular formula is C14H23NO4S. The van der Waals surface area contributed by atoms with Gasteiger partial charge >= 0.3 is 0 Å². The number of methoxy groups -OCH3 is 1. The third-order valence-corrected chi connectivity index (χ3v) is 4.63. The number of ether oxygens (including phenoxy) is 2. The van der Waals surface area contributed by atoms with Crippen molar-refractivity contribution in [2.24, 2.45) is 0 Å². The molecule has 0 saturated carbocycles. The van der Waals surface area contributed by atoms with Crippen LogP contribution in [0, 0.1) is 0 Å². The Morgan fingerprint density at radius 2 is 2.05 bits per heavy atom. The van der Waals surface area contributed by atoms with Gasteiger partial charge in [0, 0.05) is 30.7 Å². The SMILES string of the molecule is CCS(=O)(=O)CC(C)Nc1cccc(OCCOC)c1. The van der Waals surface area contributed by atoms with E-state index in [2.05, 4.69) is 5.32 Å². The molecular weight excluding hydrogens is 278 g/mol. The molecule has 0 fully saturated rings. The van der Waals surface area contributed by atoms with Gasteiger partial charge in [0.2, 0.25) is 0 Å². The zero-order chi connectivity index (χ0) is 15.0. The number of rotatable bonds is 9. The summed E-state index contributed by atoms with van der Waals surface area (Å²) in [5.74, 6) is 1.02. The van der Waals surface area contributed by atoms with Crippen LogP contribution in [0.1, 0.15) is 13.8 Å². The van der Waals surface area contributed by atoms with Crippen LogP contribution in [0.3, 0.4) is 0 Å². The van der Waals surface area contributed by atoms with Crippen molar-refractivity contribution in [1.82, 2.24) is 0 Å². The average Bonchev–Trinajstić information content (AvgIpc) is 2.39. The number of hydrogen-bond donors (Lipinski definition) is 1. The van der Waals surface area contributed by atoms with E-state index in [1.165, 1.54) is 0 Å². The van der Waals surface area contributed by atoms with Crippen LogP contribution in [0.4, 0.5) is 5.69 Å². The van der Waals surface area contributed by atoms with Crippen molar-refractivity contribution < 1.29 is 17.9 Å². The van der Waals surface area contributed by atoms with Gasteiger partial charge in [-0.15, -0.1) is 0 Å². The molecule has 0 spiro atoms. The molecule has 1 unspecified atom stereocenters. The Morgan fingerprint density at radius 3 is 2.70 bits per heavy atom. The molecule has 0 saturated heterocycles. The topological polar surface area (TPSA) is 64.6 Å². The number of hydrogen-bond acceptors (Lipinski definition) is 5. The lowest BCUT2D eigenvalue weighted by atomic mass is 10.2. The molecule has 0 amide bonds. The third kappa shape index (κ3) is 6.25. The number of anilines is 1. The van der Waals surface area contributed by atoms with Crippen LogP contribution in [0.5, 0.6) is 5.75 Å². The second kappa shape index (κ2) is 8.11. The maximum absolute atomic E-state index is 11.6. The quantitative estimate of drug-likeness (QED) is 0.706. The molecule has 1 aromatic rings. The third-order valence-electron chi connectivity index (χ3n) is 2.75. The van der Waals surface area contributed by atoms with Gasteiger partial charge in [-0.2, -0.15) is 0 Å². The van der Waals surface area contributed by atoms with E-state index < -0.39 is 9.84 Å². The van der Waals surface area contributed by atoms with Crippen LogP contribution in [-0.2, 0) is 14.6 Å². The molecule has 5 nitrogen and oxygen atoms in total. The van der Waals surface area contributed by atoms with Gasteiger partial charge < -0.3 is 14.8 Å². The van der Waals surface area contributed by atoms with Crippen LogP contribution in [0.2, 0.25) is 0 Å². The number of nitrogens with one attached hydrogen (secondary N) is 1. The largest absolute Gasteiger partial charge is 0.491 e. The van der Waals surface area contributed by atoms with E-state index in [0.29, 0.717) is 13.2 Å². The monoisotopic (exact) mass is 301 g/mol. The van der Waals surface area contributed by atoms with Crippen molar-refractivity contribution in [2.45, 2.75) is 19.9 Å². The maximum atomic E-state index is 11.6. The first kappa shape index (κ1) is 16.8. The second-order valence-electron chi connectivity index (χ2n) is 4.61. The molecule has 20 heavy (non-hydrogen) atoms. The van der Waals surface area contributed by atoms with E-state index in [-0.39, 0.29) is 17.5 Å². The lowest BCUT2D eigenvalue weighted by molar-refractivity contribution is 0.146. The summed E-state index contributed by atoms with van der Waals surface area (Å²) in [4.78, 5) is 0. The van der Waals surface area contributed by atoms with Gasteiger partial charge in [0.25, 0.3) is 0 Å². The normalized spacial score (nSPS) is 12.9. The molecule has 0 heterocycles. The van der Waals surface area contributed by atoms with Crippen LogP contribution in [0.25, 0.3) is 0 Å². The highest BCUT2D eigenvalue weighted by Gasteiger charge is 2.13. The van der Waals surface area contributed by atoms with Crippen molar-refractivity contribution in [3.05, 3.63) is 24.3 Å². The number of benzene rings is 1. The molecule has 0 bridgehead atoms. The van der Waals surface area contributed by atoms with Gasteiger partial charge in [0.05, 0.1) is 12.4 Å². The first-order valence-corrected chi connectivity index (χ1v) is 8.47. The maximum Gasteiger partial charge on any atom is 0.152 e. The molecule has 0 aliphatic carbocycles. The fraction of sp³-hybridized carbons (Fsp3) is 0.571. The molecule has 1 rings (SSSR count). The summed E-state index contributed by atoms with van der Waals surface area (Å²) in [6.45, 7) is 4.53. The highest BCUT2D eigenvalue weighted by molar-refractivity contribution is 7.91. The van der Waals surface area contributed by atoms with Crippen molar-refractivity contribution in [1.29, 1.82) is 0 Å². The van der Waals surface area contributed by atoms with E-state index in [1.54, 1.807) is 14.0 Å².